The number of guanidine groups is 1. The number of nitrogens with zero attached hydrogens (tertiary/aromatic N) is 5. The van der Waals surface area contributed by atoms with Crippen LogP contribution >= 0.6 is 0 Å². The highest BCUT2D eigenvalue weighted by molar-refractivity contribution is 5.97. The number of aromatic nitrogens is 3. The smallest absolute Gasteiger partial charge is 0.198 e. The van der Waals surface area contributed by atoms with Crippen molar-refractivity contribution in [1.82, 2.24) is 20.1 Å². The summed E-state index contributed by atoms with van der Waals surface area (Å²) in [4.78, 5) is 11.2. The summed E-state index contributed by atoms with van der Waals surface area (Å²) < 4.78 is 1.83. The van der Waals surface area contributed by atoms with E-state index < -0.39 is 0 Å². The third kappa shape index (κ3) is 4.00. The van der Waals surface area contributed by atoms with E-state index in [9.17, 15) is 0 Å². The van der Waals surface area contributed by atoms with Crippen molar-refractivity contribution >= 4 is 11.6 Å². The molecule has 0 unspecified atom stereocenters. The number of aliphatic imine (C=N–C) groups is 1. The lowest BCUT2D eigenvalue weighted by atomic mass is 10.1. The second kappa shape index (κ2) is 8.03. The summed E-state index contributed by atoms with van der Waals surface area (Å²) in [6, 6.07) is 17.1. The van der Waals surface area contributed by atoms with Gasteiger partial charge in [0.1, 0.15) is 12.7 Å². The minimum absolute atomic E-state index is 0.645. The molecule has 1 aliphatic rings. The molecule has 0 spiro atoms. The maximum Gasteiger partial charge on any atom is 0.198 e. The van der Waals surface area contributed by atoms with Gasteiger partial charge in [0, 0.05) is 18.8 Å². The van der Waals surface area contributed by atoms with E-state index in [0.29, 0.717) is 6.54 Å². The SMILES string of the molecule is CCNC(=NCc1cccc(Cn2cncn2)c1)N1CCc2ccccc21. The lowest BCUT2D eigenvalue weighted by Crippen LogP contribution is -2.40. The van der Waals surface area contributed by atoms with Gasteiger partial charge in [0.15, 0.2) is 5.96 Å². The quantitative estimate of drug-likeness (QED) is 0.561. The van der Waals surface area contributed by atoms with E-state index in [1.807, 2.05) is 4.68 Å². The van der Waals surface area contributed by atoms with Crippen molar-refractivity contribution in [2.45, 2.75) is 26.4 Å². The van der Waals surface area contributed by atoms with Crippen molar-refractivity contribution in [2.75, 3.05) is 18.0 Å². The Morgan fingerprint density at radius 2 is 2.04 bits per heavy atom. The summed E-state index contributed by atoms with van der Waals surface area (Å²) in [5.74, 6) is 0.948. The Kier molecular flexibility index (Phi) is 5.14. The largest absolute Gasteiger partial charge is 0.356 e. The topological polar surface area (TPSA) is 58.3 Å². The van der Waals surface area contributed by atoms with Gasteiger partial charge in [0.2, 0.25) is 0 Å². The first kappa shape index (κ1) is 17.3. The zero-order valence-electron chi connectivity index (χ0n) is 15.5. The Morgan fingerprint density at radius 1 is 1.15 bits per heavy atom. The highest BCUT2D eigenvalue weighted by atomic mass is 15.3. The second-order valence-corrected chi connectivity index (χ2v) is 6.61. The molecule has 0 atom stereocenters. The Hall–Kier alpha value is -3.15. The summed E-state index contributed by atoms with van der Waals surface area (Å²) in [5.41, 5.74) is 5.04. The van der Waals surface area contributed by atoms with E-state index in [-0.39, 0.29) is 0 Å². The van der Waals surface area contributed by atoms with E-state index in [4.69, 9.17) is 4.99 Å². The number of hydrogen-bond acceptors (Lipinski definition) is 3. The van der Waals surface area contributed by atoms with Crippen LogP contribution in [0.1, 0.15) is 23.6 Å². The minimum atomic E-state index is 0.645. The van der Waals surface area contributed by atoms with Gasteiger partial charge in [0.25, 0.3) is 0 Å². The van der Waals surface area contributed by atoms with Crippen LogP contribution in [-0.4, -0.2) is 33.8 Å². The van der Waals surface area contributed by atoms with Gasteiger partial charge >= 0.3 is 0 Å². The molecule has 27 heavy (non-hydrogen) atoms. The summed E-state index contributed by atoms with van der Waals surface area (Å²) in [5, 5.41) is 7.61. The number of hydrogen-bond donors (Lipinski definition) is 1. The molecule has 1 aromatic heterocycles. The van der Waals surface area contributed by atoms with Gasteiger partial charge in [-0.2, -0.15) is 5.10 Å². The third-order valence-corrected chi connectivity index (χ3v) is 4.69. The Balaban J connectivity index is 1.51. The lowest BCUT2D eigenvalue weighted by Gasteiger charge is -2.22. The number of rotatable bonds is 5. The van der Waals surface area contributed by atoms with Crippen LogP contribution in [0.5, 0.6) is 0 Å². The fourth-order valence-electron chi connectivity index (χ4n) is 3.45. The monoisotopic (exact) mass is 360 g/mol. The van der Waals surface area contributed by atoms with Crippen LogP contribution in [0.25, 0.3) is 0 Å². The molecule has 0 aliphatic carbocycles. The molecule has 0 saturated heterocycles. The van der Waals surface area contributed by atoms with Gasteiger partial charge in [-0.15, -0.1) is 0 Å². The molecule has 2 heterocycles. The molecule has 0 saturated carbocycles. The molecule has 6 heteroatoms. The molecular formula is C21H24N6. The summed E-state index contributed by atoms with van der Waals surface area (Å²) in [7, 11) is 0. The van der Waals surface area contributed by atoms with Crippen molar-refractivity contribution in [3.8, 4) is 0 Å². The average molecular weight is 360 g/mol. The van der Waals surface area contributed by atoms with Gasteiger partial charge in [-0.1, -0.05) is 42.5 Å². The van der Waals surface area contributed by atoms with Gasteiger partial charge in [-0.3, -0.25) is 0 Å². The van der Waals surface area contributed by atoms with Gasteiger partial charge in [0.05, 0.1) is 13.1 Å². The molecule has 4 rings (SSSR count). The Bertz CT molecular complexity index is 916. The van der Waals surface area contributed by atoms with Crippen LogP contribution in [0.3, 0.4) is 0 Å². The first-order chi connectivity index (χ1) is 13.3. The number of para-hydroxylation sites is 1. The molecule has 138 valence electrons. The molecule has 0 fully saturated rings. The zero-order valence-corrected chi connectivity index (χ0v) is 15.5. The minimum Gasteiger partial charge on any atom is -0.356 e. The fourth-order valence-corrected chi connectivity index (χ4v) is 3.45. The van der Waals surface area contributed by atoms with Crippen molar-refractivity contribution in [2.24, 2.45) is 4.99 Å². The second-order valence-electron chi connectivity index (χ2n) is 6.61. The Morgan fingerprint density at radius 3 is 2.89 bits per heavy atom. The van der Waals surface area contributed by atoms with Crippen molar-refractivity contribution in [1.29, 1.82) is 0 Å². The van der Waals surface area contributed by atoms with E-state index in [1.165, 1.54) is 22.4 Å². The van der Waals surface area contributed by atoms with Crippen LogP contribution in [0, 0.1) is 0 Å². The Labute approximate surface area is 159 Å². The van der Waals surface area contributed by atoms with E-state index in [1.54, 1.807) is 12.7 Å². The van der Waals surface area contributed by atoms with Crippen molar-refractivity contribution in [3.05, 3.63) is 77.9 Å². The molecule has 3 aromatic rings. The van der Waals surface area contributed by atoms with Gasteiger partial charge < -0.3 is 10.2 Å². The molecule has 6 nitrogen and oxygen atoms in total. The molecular weight excluding hydrogens is 336 g/mol. The molecule has 0 amide bonds. The fraction of sp³-hybridized carbons (Fsp3) is 0.286. The highest BCUT2D eigenvalue weighted by Crippen LogP contribution is 2.27. The van der Waals surface area contributed by atoms with E-state index in [2.05, 4.69) is 75.8 Å². The van der Waals surface area contributed by atoms with Gasteiger partial charge in [-0.05, 0) is 36.1 Å². The molecule has 0 bridgehead atoms. The zero-order chi connectivity index (χ0) is 18.5. The molecule has 1 aliphatic heterocycles. The standard InChI is InChI=1S/C21H24N6/c1-2-23-21(27-11-10-19-8-3-4-9-20(19)27)24-13-17-6-5-7-18(12-17)14-26-16-22-15-25-26/h3-9,12,15-16H,2,10-11,13-14H2,1H3,(H,23,24). The normalized spacial score (nSPS) is 13.7. The van der Waals surface area contributed by atoms with Crippen LogP contribution in [-0.2, 0) is 19.5 Å². The predicted molar refractivity (Wildman–Crippen MR) is 108 cm³/mol. The van der Waals surface area contributed by atoms with Gasteiger partial charge in [-0.25, -0.2) is 14.7 Å². The third-order valence-electron chi connectivity index (χ3n) is 4.69. The predicted octanol–water partition coefficient (Wildman–Crippen LogP) is 2.85. The molecule has 0 radical (unpaired) electrons. The van der Waals surface area contributed by atoms with Crippen LogP contribution < -0.4 is 10.2 Å². The number of nitrogens with one attached hydrogen (secondary N) is 1. The first-order valence-electron chi connectivity index (χ1n) is 9.37. The summed E-state index contributed by atoms with van der Waals surface area (Å²) in [6.45, 7) is 5.29. The maximum absolute atomic E-state index is 4.90. The summed E-state index contributed by atoms with van der Waals surface area (Å²) in [6.07, 6.45) is 4.36. The van der Waals surface area contributed by atoms with Crippen molar-refractivity contribution < 1.29 is 0 Å². The molecule has 1 N–H and O–H groups in total. The number of benzene rings is 2. The lowest BCUT2D eigenvalue weighted by molar-refractivity contribution is 0.684. The number of anilines is 1. The van der Waals surface area contributed by atoms with Crippen LogP contribution in [0.15, 0.2) is 66.2 Å². The van der Waals surface area contributed by atoms with Crippen LogP contribution in [0.2, 0.25) is 0 Å². The molecule has 2 aromatic carbocycles. The first-order valence-corrected chi connectivity index (χ1v) is 9.37. The van der Waals surface area contributed by atoms with E-state index in [0.717, 1.165) is 32.0 Å². The summed E-state index contributed by atoms with van der Waals surface area (Å²) >= 11 is 0. The van der Waals surface area contributed by atoms with Crippen LogP contribution in [0.4, 0.5) is 5.69 Å². The highest BCUT2D eigenvalue weighted by Gasteiger charge is 2.22. The maximum atomic E-state index is 4.90. The van der Waals surface area contributed by atoms with Crippen molar-refractivity contribution in [3.63, 3.8) is 0 Å². The average Bonchev–Trinajstić information content (AvgIpc) is 3.35. The number of fused-ring (bicyclic) bond motifs is 1. The van der Waals surface area contributed by atoms with E-state index >= 15 is 0 Å².